The van der Waals surface area contributed by atoms with Crippen LogP contribution < -0.4 is 5.43 Å². The molecule has 1 saturated heterocycles. The summed E-state index contributed by atoms with van der Waals surface area (Å²) in [6, 6.07) is 9.19. The van der Waals surface area contributed by atoms with Gasteiger partial charge in [-0.15, -0.1) is 0 Å². The first-order chi connectivity index (χ1) is 9.29. The Morgan fingerprint density at radius 2 is 1.95 bits per heavy atom. The number of hydrogen-bond acceptors (Lipinski definition) is 4. The lowest BCUT2D eigenvalue weighted by Gasteiger charge is -2.26. The first-order valence-electron chi connectivity index (χ1n) is 6.08. The fourth-order valence-electron chi connectivity index (χ4n) is 1.74. The maximum absolute atomic E-state index is 11.9. The van der Waals surface area contributed by atoms with E-state index in [9.17, 15) is 9.59 Å². The molecule has 5 heteroatoms. The molecule has 2 rings (SSSR count). The number of benzene rings is 1. The van der Waals surface area contributed by atoms with Crippen molar-refractivity contribution in [1.29, 1.82) is 0 Å². The van der Waals surface area contributed by atoms with Gasteiger partial charge in [-0.05, 0) is 11.6 Å². The van der Waals surface area contributed by atoms with Gasteiger partial charge in [-0.1, -0.05) is 30.3 Å². The Balaban J connectivity index is 2.02. The van der Waals surface area contributed by atoms with E-state index in [2.05, 4.69) is 5.43 Å². The van der Waals surface area contributed by atoms with Crippen molar-refractivity contribution in [1.82, 2.24) is 10.4 Å². The van der Waals surface area contributed by atoms with E-state index in [1.807, 2.05) is 30.3 Å². The Kier molecular flexibility index (Phi) is 4.83. The average molecular weight is 259 g/mol. The zero-order valence-corrected chi connectivity index (χ0v) is 10.5. The molecule has 0 unspecified atom stereocenters. The molecule has 1 N–H and O–H groups in total. The highest BCUT2D eigenvalue weighted by atomic mass is 16.5. The lowest BCUT2D eigenvalue weighted by Crippen LogP contribution is -2.48. The Labute approximate surface area is 111 Å². The monoisotopic (exact) mass is 259 g/mol. The van der Waals surface area contributed by atoms with E-state index < -0.39 is 5.91 Å². The number of amides is 1. The molecule has 1 aliphatic rings. The number of hydrazine groups is 1. The lowest BCUT2D eigenvalue weighted by atomic mass is 10.1. The maximum Gasteiger partial charge on any atom is 0.269 e. The zero-order chi connectivity index (χ0) is 13.5. The minimum atomic E-state index is -0.444. The van der Waals surface area contributed by atoms with Crippen LogP contribution in [0, 0.1) is 0 Å². The standard InChI is InChI=1S/C14H15N2O3/c17-11-13(10-12-4-2-1-3-5-12)14(18)15-16-6-8-19-9-7-16/h1-5,10H,6-9H2,(H,15,18). The van der Waals surface area contributed by atoms with E-state index in [-0.39, 0.29) is 5.57 Å². The van der Waals surface area contributed by atoms with Crippen LogP contribution in [0.4, 0.5) is 0 Å². The van der Waals surface area contributed by atoms with Crippen LogP contribution in [-0.2, 0) is 14.3 Å². The van der Waals surface area contributed by atoms with Crippen molar-refractivity contribution in [3.63, 3.8) is 0 Å². The number of nitrogens with zero attached hydrogens (tertiary/aromatic N) is 1. The van der Waals surface area contributed by atoms with Gasteiger partial charge in [0.05, 0.1) is 18.8 Å². The molecule has 1 fully saturated rings. The normalized spacial score (nSPS) is 16.9. The highest BCUT2D eigenvalue weighted by Gasteiger charge is 2.16. The maximum atomic E-state index is 11.9. The number of ether oxygens (including phenoxy) is 1. The second-order valence-corrected chi connectivity index (χ2v) is 4.11. The second-order valence-electron chi connectivity index (χ2n) is 4.11. The first kappa shape index (κ1) is 13.5. The van der Waals surface area contributed by atoms with Crippen molar-refractivity contribution in [2.45, 2.75) is 0 Å². The lowest BCUT2D eigenvalue weighted by molar-refractivity contribution is -0.123. The van der Waals surface area contributed by atoms with Crippen molar-refractivity contribution in [3.05, 3.63) is 41.5 Å². The molecule has 0 atom stereocenters. The van der Waals surface area contributed by atoms with E-state index in [0.717, 1.165) is 5.56 Å². The van der Waals surface area contributed by atoms with Crippen molar-refractivity contribution in [2.75, 3.05) is 26.3 Å². The van der Waals surface area contributed by atoms with Crippen LogP contribution in [0.2, 0.25) is 0 Å². The third kappa shape index (κ3) is 4.01. The van der Waals surface area contributed by atoms with Crippen LogP contribution in [0.3, 0.4) is 0 Å². The molecule has 1 heterocycles. The van der Waals surface area contributed by atoms with Gasteiger partial charge in [0.1, 0.15) is 0 Å². The molecule has 99 valence electrons. The summed E-state index contributed by atoms with van der Waals surface area (Å²) in [6.45, 7) is 2.37. The fourth-order valence-corrected chi connectivity index (χ4v) is 1.74. The number of carbonyl (C=O) groups is 1. The van der Waals surface area contributed by atoms with Crippen LogP contribution in [0.1, 0.15) is 5.56 Å². The first-order valence-corrected chi connectivity index (χ1v) is 6.08. The zero-order valence-electron chi connectivity index (χ0n) is 10.5. The molecule has 0 spiro atoms. The molecule has 0 bridgehead atoms. The largest absolute Gasteiger partial charge is 0.379 e. The summed E-state index contributed by atoms with van der Waals surface area (Å²) >= 11 is 0. The average Bonchev–Trinajstić information content (AvgIpc) is 2.47. The molecule has 1 aliphatic heterocycles. The van der Waals surface area contributed by atoms with Crippen LogP contribution in [0.15, 0.2) is 35.9 Å². The van der Waals surface area contributed by atoms with Gasteiger partial charge in [-0.2, -0.15) is 0 Å². The van der Waals surface area contributed by atoms with Gasteiger partial charge >= 0.3 is 0 Å². The molecule has 0 aliphatic carbocycles. The minimum Gasteiger partial charge on any atom is -0.379 e. The van der Waals surface area contributed by atoms with Gasteiger partial charge in [0.15, 0.2) is 0 Å². The second kappa shape index (κ2) is 6.82. The highest BCUT2D eigenvalue weighted by Crippen LogP contribution is 2.05. The van der Waals surface area contributed by atoms with Gasteiger partial charge < -0.3 is 4.74 Å². The van der Waals surface area contributed by atoms with E-state index in [1.54, 1.807) is 11.3 Å². The Morgan fingerprint density at radius 1 is 1.26 bits per heavy atom. The molecule has 1 aromatic carbocycles. The number of morpholine rings is 1. The molecule has 0 aromatic heterocycles. The minimum absolute atomic E-state index is 0.0160. The predicted octanol–water partition coefficient (Wildman–Crippen LogP) is 0.543. The molecule has 1 radical (unpaired) electrons. The highest BCUT2D eigenvalue weighted by molar-refractivity contribution is 6.14. The smallest absolute Gasteiger partial charge is 0.269 e. The summed E-state index contributed by atoms with van der Waals surface area (Å²) < 4.78 is 5.18. The number of nitrogens with one attached hydrogen (secondary N) is 1. The topological polar surface area (TPSA) is 58.6 Å². The van der Waals surface area contributed by atoms with E-state index in [1.165, 1.54) is 6.08 Å². The van der Waals surface area contributed by atoms with Gasteiger partial charge in [0.2, 0.25) is 6.29 Å². The summed E-state index contributed by atoms with van der Waals surface area (Å²) in [5.41, 5.74) is 3.45. The Hall–Kier alpha value is -1.98. The third-order valence-electron chi connectivity index (χ3n) is 2.74. The molecule has 5 nitrogen and oxygen atoms in total. The van der Waals surface area contributed by atoms with Gasteiger partial charge in [-0.25, -0.2) is 5.01 Å². The Morgan fingerprint density at radius 3 is 2.58 bits per heavy atom. The summed E-state index contributed by atoms with van der Waals surface area (Å²) in [7, 11) is 0. The molecular formula is C14H15N2O3. The van der Waals surface area contributed by atoms with E-state index in [4.69, 9.17) is 4.74 Å². The number of rotatable bonds is 4. The van der Waals surface area contributed by atoms with Crippen LogP contribution in [0.25, 0.3) is 6.08 Å². The summed E-state index contributed by atoms with van der Waals surface area (Å²) in [4.78, 5) is 22.8. The summed E-state index contributed by atoms with van der Waals surface area (Å²) in [6.07, 6.45) is 3.20. The molecule has 1 amide bonds. The van der Waals surface area contributed by atoms with Crippen molar-refractivity contribution < 1.29 is 14.3 Å². The Bertz CT molecular complexity index is 465. The SMILES string of the molecule is O=[C]C(=Cc1ccccc1)C(=O)NN1CCOCC1. The van der Waals surface area contributed by atoms with Crippen molar-refractivity contribution in [3.8, 4) is 0 Å². The van der Waals surface area contributed by atoms with Crippen LogP contribution >= 0.6 is 0 Å². The number of hydrogen-bond donors (Lipinski definition) is 1. The van der Waals surface area contributed by atoms with Crippen molar-refractivity contribution in [2.24, 2.45) is 0 Å². The van der Waals surface area contributed by atoms with Gasteiger partial charge in [-0.3, -0.25) is 15.0 Å². The quantitative estimate of drug-likeness (QED) is 0.487. The van der Waals surface area contributed by atoms with Crippen molar-refractivity contribution >= 4 is 18.3 Å². The molecule has 19 heavy (non-hydrogen) atoms. The predicted molar refractivity (Wildman–Crippen MR) is 70.6 cm³/mol. The fraction of sp³-hybridized carbons (Fsp3) is 0.286. The van der Waals surface area contributed by atoms with E-state index >= 15 is 0 Å². The molecular weight excluding hydrogens is 244 g/mol. The third-order valence-corrected chi connectivity index (χ3v) is 2.74. The number of carbonyl (C=O) groups excluding carboxylic acids is 2. The van der Waals surface area contributed by atoms with Crippen LogP contribution in [-0.4, -0.2) is 43.5 Å². The molecule has 1 aromatic rings. The summed E-state index contributed by atoms with van der Waals surface area (Å²) in [5.74, 6) is -0.444. The van der Waals surface area contributed by atoms with Gasteiger partial charge in [0, 0.05) is 13.1 Å². The van der Waals surface area contributed by atoms with Crippen LogP contribution in [0.5, 0.6) is 0 Å². The van der Waals surface area contributed by atoms with E-state index in [0.29, 0.717) is 26.3 Å². The van der Waals surface area contributed by atoms with Gasteiger partial charge in [0.25, 0.3) is 5.91 Å². The molecule has 0 saturated carbocycles. The summed E-state index contributed by atoms with van der Waals surface area (Å²) in [5, 5.41) is 1.74.